The van der Waals surface area contributed by atoms with Crippen LogP contribution in [0.2, 0.25) is 0 Å². The Hall–Kier alpha value is -3.23. The number of rotatable bonds is 6. The van der Waals surface area contributed by atoms with Crippen LogP contribution in [0.1, 0.15) is 0 Å². The molecule has 2 amide bonds. The van der Waals surface area contributed by atoms with E-state index in [1.54, 1.807) is 37.2 Å². The lowest BCUT2D eigenvalue weighted by atomic mass is 10.3. The Morgan fingerprint density at radius 3 is 2.16 bits per heavy atom. The number of carbonyl (C=O) groups excluding carboxylic acids is 1. The second kappa shape index (κ2) is 8.04. The summed E-state index contributed by atoms with van der Waals surface area (Å²) in [5.74, 6) is 1.65. The number of methoxy groups -OCH3 is 3. The van der Waals surface area contributed by atoms with Crippen molar-refractivity contribution in [1.29, 1.82) is 0 Å². The molecule has 0 saturated heterocycles. The summed E-state index contributed by atoms with van der Waals surface area (Å²) in [5, 5.41) is 5.43. The highest BCUT2D eigenvalue weighted by Crippen LogP contribution is 2.27. The van der Waals surface area contributed by atoms with Crippen LogP contribution < -0.4 is 29.7 Å². The van der Waals surface area contributed by atoms with E-state index >= 15 is 0 Å². The molecule has 25 heavy (non-hydrogen) atoms. The molecule has 0 aliphatic rings. The Kier molecular flexibility index (Phi) is 5.83. The normalized spacial score (nSPS) is 9.96. The van der Waals surface area contributed by atoms with Gasteiger partial charge >= 0.3 is 12.0 Å². The van der Waals surface area contributed by atoms with E-state index < -0.39 is 6.03 Å². The van der Waals surface area contributed by atoms with E-state index in [1.807, 2.05) is 0 Å². The highest BCUT2D eigenvalue weighted by atomic mass is 16.5. The van der Waals surface area contributed by atoms with Crippen LogP contribution in [0.4, 0.5) is 22.0 Å². The molecule has 1 aromatic carbocycles. The smallest absolute Gasteiger partial charge is 0.323 e. The summed E-state index contributed by atoms with van der Waals surface area (Å²) in [6.45, 7) is 0. The molecule has 2 rings (SSSR count). The minimum Gasteiger partial charge on any atom is -0.497 e. The second-order valence-corrected chi connectivity index (χ2v) is 5.17. The van der Waals surface area contributed by atoms with E-state index in [2.05, 4.69) is 20.6 Å². The number of amides is 2. The Balaban J connectivity index is 2.18. The summed E-state index contributed by atoms with van der Waals surface area (Å²) in [5.41, 5.74) is 0.965. The summed E-state index contributed by atoms with van der Waals surface area (Å²) in [4.78, 5) is 22.3. The lowest BCUT2D eigenvalue weighted by molar-refractivity contribution is 0.262. The maximum atomic E-state index is 12.3. The van der Waals surface area contributed by atoms with Crippen molar-refractivity contribution in [3.05, 3.63) is 24.4 Å². The van der Waals surface area contributed by atoms with Gasteiger partial charge in [0.2, 0.25) is 0 Å². The van der Waals surface area contributed by atoms with Gasteiger partial charge in [0.1, 0.15) is 17.2 Å². The fourth-order valence-electron chi connectivity index (χ4n) is 2.05. The third-order valence-electron chi connectivity index (χ3n) is 3.21. The maximum absolute atomic E-state index is 12.3. The average molecular weight is 347 g/mol. The molecular formula is C16H21N5O4. The number of hydrogen-bond donors (Lipinski definition) is 2. The maximum Gasteiger partial charge on any atom is 0.323 e. The van der Waals surface area contributed by atoms with Crippen molar-refractivity contribution in [2.24, 2.45) is 0 Å². The van der Waals surface area contributed by atoms with Crippen molar-refractivity contribution in [2.45, 2.75) is 0 Å². The van der Waals surface area contributed by atoms with Gasteiger partial charge in [-0.05, 0) is 0 Å². The number of hydrogen-bond acceptors (Lipinski definition) is 7. The monoisotopic (exact) mass is 347 g/mol. The van der Waals surface area contributed by atoms with Crippen LogP contribution in [0.3, 0.4) is 0 Å². The molecule has 2 N–H and O–H groups in total. The number of anilines is 3. The molecule has 134 valence electrons. The van der Waals surface area contributed by atoms with Crippen LogP contribution in [-0.4, -0.2) is 51.4 Å². The zero-order chi connectivity index (χ0) is 18.4. The lowest BCUT2D eigenvalue weighted by Gasteiger charge is -2.17. The zero-order valence-electron chi connectivity index (χ0n) is 14.8. The summed E-state index contributed by atoms with van der Waals surface area (Å²) in [7, 11) is 8.16. The van der Waals surface area contributed by atoms with Gasteiger partial charge in [0.15, 0.2) is 5.82 Å². The largest absolute Gasteiger partial charge is 0.497 e. The summed E-state index contributed by atoms with van der Waals surface area (Å²) >= 11 is 0. The Labute approximate surface area is 145 Å². The van der Waals surface area contributed by atoms with Crippen LogP contribution in [0.25, 0.3) is 0 Å². The van der Waals surface area contributed by atoms with Gasteiger partial charge in [-0.2, -0.15) is 4.98 Å². The van der Waals surface area contributed by atoms with Gasteiger partial charge in [-0.15, -0.1) is 0 Å². The molecule has 0 atom stereocenters. The molecule has 1 aromatic heterocycles. The first kappa shape index (κ1) is 18.1. The molecule has 0 aliphatic carbocycles. The van der Waals surface area contributed by atoms with Crippen molar-refractivity contribution < 1.29 is 19.0 Å². The lowest BCUT2D eigenvalue weighted by Crippen LogP contribution is -2.22. The number of benzene rings is 1. The number of urea groups is 1. The van der Waals surface area contributed by atoms with Crippen molar-refractivity contribution in [1.82, 2.24) is 9.97 Å². The van der Waals surface area contributed by atoms with Crippen LogP contribution in [0.5, 0.6) is 17.5 Å². The van der Waals surface area contributed by atoms with E-state index in [9.17, 15) is 4.79 Å². The molecule has 0 aliphatic heterocycles. The van der Waals surface area contributed by atoms with E-state index in [1.165, 1.54) is 27.5 Å². The first-order chi connectivity index (χ1) is 12.0. The van der Waals surface area contributed by atoms with E-state index in [0.29, 0.717) is 28.7 Å². The molecule has 0 fully saturated rings. The molecule has 0 spiro atoms. The van der Waals surface area contributed by atoms with Crippen molar-refractivity contribution in [2.75, 3.05) is 51.0 Å². The standard InChI is InChI=1S/C16H21N5O4/c1-21(2)14-13(9-17-16(20-14)25-5)19-15(22)18-10-6-11(23-3)8-12(7-10)24-4/h6-9H,1-5H3,(H2,18,19,22). The number of aromatic nitrogens is 2. The SMILES string of the molecule is COc1cc(NC(=O)Nc2cnc(OC)nc2N(C)C)cc(OC)c1. The van der Waals surface area contributed by atoms with Crippen LogP contribution in [-0.2, 0) is 0 Å². The van der Waals surface area contributed by atoms with Gasteiger partial charge in [0, 0.05) is 38.0 Å². The fraction of sp³-hybridized carbons (Fsp3) is 0.312. The van der Waals surface area contributed by atoms with Gasteiger partial charge < -0.3 is 29.7 Å². The molecule has 0 unspecified atom stereocenters. The third kappa shape index (κ3) is 4.63. The number of carbonyl (C=O) groups is 1. The third-order valence-corrected chi connectivity index (χ3v) is 3.21. The minimum absolute atomic E-state index is 0.215. The highest BCUT2D eigenvalue weighted by molar-refractivity contribution is 6.01. The number of nitrogens with one attached hydrogen (secondary N) is 2. The molecule has 9 heteroatoms. The second-order valence-electron chi connectivity index (χ2n) is 5.17. The predicted molar refractivity (Wildman–Crippen MR) is 95.1 cm³/mol. The minimum atomic E-state index is -0.452. The predicted octanol–water partition coefficient (Wildman–Crippen LogP) is 2.21. The molecule has 0 bridgehead atoms. The molecule has 9 nitrogen and oxygen atoms in total. The van der Waals surface area contributed by atoms with E-state index in [-0.39, 0.29) is 6.01 Å². The number of ether oxygens (including phenoxy) is 3. The van der Waals surface area contributed by atoms with Gasteiger partial charge in [0.05, 0.1) is 27.5 Å². The average Bonchev–Trinajstić information content (AvgIpc) is 2.61. The zero-order valence-corrected chi connectivity index (χ0v) is 14.8. The highest BCUT2D eigenvalue weighted by Gasteiger charge is 2.13. The first-order valence-electron chi connectivity index (χ1n) is 7.36. The molecular weight excluding hydrogens is 326 g/mol. The summed E-state index contributed by atoms with van der Waals surface area (Å²) in [6.07, 6.45) is 1.48. The number of nitrogens with zero attached hydrogens (tertiary/aromatic N) is 3. The quantitative estimate of drug-likeness (QED) is 0.827. The summed E-state index contributed by atoms with van der Waals surface area (Å²) in [6, 6.07) is 4.84. The molecule has 0 saturated carbocycles. The topological polar surface area (TPSA) is 97.8 Å². The molecule has 1 heterocycles. The van der Waals surface area contributed by atoms with Crippen LogP contribution in [0, 0.1) is 0 Å². The summed E-state index contributed by atoms with van der Waals surface area (Å²) < 4.78 is 15.4. The molecule has 0 radical (unpaired) electrons. The molecule has 2 aromatic rings. The van der Waals surface area contributed by atoms with Gasteiger partial charge in [-0.1, -0.05) is 0 Å². The van der Waals surface area contributed by atoms with Crippen molar-refractivity contribution in [3.8, 4) is 17.5 Å². The van der Waals surface area contributed by atoms with Crippen LogP contribution in [0.15, 0.2) is 24.4 Å². The Bertz CT molecular complexity index is 729. The van der Waals surface area contributed by atoms with Gasteiger partial charge in [-0.3, -0.25) is 0 Å². The van der Waals surface area contributed by atoms with Crippen molar-refractivity contribution in [3.63, 3.8) is 0 Å². The first-order valence-corrected chi connectivity index (χ1v) is 7.36. The van der Waals surface area contributed by atoms with Gasteiger partial charge in [0.25, 0.3) is 0 Å². The van der Waals surface area contributed by atoms with E-state index in [4.69, 9.17) is 14.2 Å². The Morgan fingerprint density at radius 2 is 1.64 bits per heavy atom. The fourth-order valence-corrected chi connectivity index (χ4v) is 2.05. The van der Waals surface area contributed by atoms with Gasteiger partial charge in [-0.25, -0.2) is 9.78 Å². The van der Waals surface area contributed by atoms with Crippen LogP contribution >= 0.6 is 0 Å². The Morgan fingerprint density at radius 1 is 1.00 bits per heavy atom. The van der Waals surface area contributed by atoms with Crippen molar-refractivity contribution >= 4 is 23.2 Å². The van der Waals surface area contributed by atoms with E-state index in [0.717, 1.165) is 0 Å².